The number of carbonyl (C=O) groups is 1. The van der Waals surface area contributed by atoms with Gasteiger partial charge in [-0.1, -0.05) is 32.0 Å². The molecule has 1 amide bonds. The first-order chi connectivity index (χ1) is 6.93. The summed E-state index contributed by atoms with van der Waals surface area (Å²) in [5.41, 5.74) is 0. The van der Waals surface area contributed by atoms with Crippen molar-refractivity contribution in [1.82, 2.24) is 0 Å². The molecule has 0 aromatic heterocycles. The second kappa shape index (κ2) is 4.57. The van der Waals surface area contributed by atoms with E-state index in [9.17, 15) is 9.00 Å². The lowest BCUT2D eigenvalue weighted by Gasteiger charge is -2.04. The highest BCUT2D eigenvalue weighted by Gasteiger charge is 2.11. The molecule has 0 heterocycles. The van der Waals surface area contributed by atoms with Crippen LogP contribution in [0.25, 0.3) is 0 Å². The Morgan fingerprint density at radius 1 is 1.27 bits per heavy atom. The Balaban J connectivity index is 3.14. The minimum absolute atomic E-state index is 0.213. The Labute approximate surface area is 90.7 Å². The number of carbonyl (C=O) groups excluding carboxylic acids is 1. The van der Waals surface area contributed by atoms with E-state index in [4.69, 9.17) is 0 Å². The van der Waals surface area contributed by atoms with Gasteiger partial charge in [-0.05, 0) is 12.1 Å². The molecule has 0 saturated heterocycles. The van der Waals surface area contributed by atoms with E-state index in [2.05, 4.69) is 4.36 Å². The molecule has 0 radical (unpaired) electrons. The Hall–Kier alpha value is -1.16. The lowest BCUT2D eigenvalue weighted by molar-refractivity contribution is -0.120. The summed E-state index contributed by atoms with van der Waals surface area (Å²) in [6, 6.07) is 8.85. The second-order valence-corrected chi connectivity index (χ2v) is 5.96. The summed E-state index contributed by atoms with van der Waals surface area (Å²) in [6.07, 6.45) is 1.49. The van der Waals surface area contributed by atoms with E-state index in [1.54, 1.807) is 38.1 Å². The number of amides is 1. The molecular formula is C11H15NO2S. The van der Waals surface area contributed by atoms with Gasteiger partial charge < -0.3 is 0 Å². The maximum atomic E-state index is 12.1. The van der Waals surface area contributed by atoms with E-state index in [-0.39, 0.29) is 11.8 Å². The highest BCUT2D eigenvalue weighted by atomic mass is 32.2. The van der Waals surface area contributed by atoms with Crippen molar-refractivity contribution < 1.29 is 9.00 Å². The number of rotatable bonds is 2. The van der Waals surface area contributed by atoms with Crippen molar-refractivity contribution in [2.24, 2.45) is 10.3 Å². The minimum Gasteiger partial charge on any atom is -0.272 e. The van der Waals surface area contributed by atoms with Crippen LogP contribution >= 0.6 is 0 Å². The fourth-order valence-electron chi connectivity index (χ4n) is 1.00. The first kappa shape index (κ1) is 11.9. The lowest BCUT2D eigenvalue weighted by Crippen LogP contribution is -2.08. The maximum Gasteiger partial charge on any atom is 0.256 e. The van der Waals surface area contributed by atoms with Crippen molar-refractivity contribution in [3.05, 3.63) is 30.3 Å². The van der Waals surface area contributed by atoms with Crippen molar-refractivity contribution >= 4 is 15.6 Å². The fourth-order valence-corrected chi connectivity index (χ4v) is 2.32. The molecule has 0 saturated carbocycles. The van der Waals surface area contributed by atoms with E-state index in [0.29, 0.717) is 4.90 Å². The van der Waals surface area contributed by atoms with Crippen LogP contribution in [0, 0.1) is 5.92 Å². The minimum atomic E-state index is -2.58. The quantitative estimate of drug-likeness (QED) is 0.775. The van der Waals surface area contributed by atoms with Crippen LogP contribution in [-0.2, 0) is 14.5 Å². The smallest absolute Gasteiger partial charge is 0.256 e. The van der Waals surface area contributed by atoms with Gasteiger partial charge in [0.15, 0.2) is 0 Å². The summed E-state index contributed by atoms with van der Waals surface area (Å²) in [7, 11) is -2.58. The predicted octanol–water partition coefficient (Wildman–Crippen LogP) is 2.33. The molecule has 0 spiro atoms. The molecule has 3 nitrogen and oxygen atoms in total. The highest BCUT2D eigenvalue weighted by Crippen LogP contribution is 2.11. The monoisotopic (exact) mass is 225 g/mol. The first-order valence-electron chi connectivity index (χ1n) is 4.74. The number of benzene rings is 1. The van der Waals surface area contributed by atoms with Gasteiger partial charge >= 0.3 is 0 Å². The predicted molar refractivity (Wildman–Crippen MR) is 61.0 cm³/mol. The zero-order chi connectivity index (χ0) is 11.5. The van der Waals surface area contributed by atoms with Crippen LogP contribution in [0.15, 0.2) is 39.6 Å². The Morgan fingerprint density at radius 2 is 1.80 bits per heavy atom. The van der Waals surface area contributed by atoms with Gasteiger partial charge in [0.05, 0.1) is 9.73 Å². The molecule has 1 rings (SSSR count). The third-order valence-corrected chi connectivity index (χ3v) is 3.61. The molecule has 1 unspecified atom stereocenters. The average molecular weight is 225 g/mol. The van der Waals surface area contributed by atoms with E-state index >= 15 is 0 Å². The van der Waals surface area contributed by atoms with E-state index in [0.717, 1.165) is 0 Å². The third-order valence-electron chi connectivity index (χ3n) is 1.94. The molecule has 1 atom stereocenters. The molecule has 0 aliphatic carbocycles. The third kappa shape index (κ3) is 3.16. The van der Waals surface area contributed by atoms with Gasteiger partial charge in [0.25, 0.3) is 5.91 Å². The van der Waals surface area contributed by atoms with Crippen LogP contribution in [0.4, 0.5) is 0 Å². The topological polar surface area (TPSA) is 46.5 Å². The van der Waals surface area contributed by atoms with Gasteiger partial charge in [0, 0.05) is 17.1 Å². The van der Waals surface area contributed by atoms with Gasteiger partial charge in [-0.2, -0.15) is 4.36 Å². The lowest BCUT2D eigenvalue weighted by atomic mass is 10.2. The van der Waals surface area contributed by atoms with E-state index < -0.39 is 9.73 Å². The van der Waals surface area contributed by atoms with Crippen LogP contribution < -0.4 is 0 Å². The molecule has 0 N–H and O–H groups in total. The van der Waals surface area contributed by atoms with Crippen molar-refractivity contribution in [2.45, 2.75) is 18.7 Å². The molecule has 1 aromatic rings. The average Bonchev–Trinajstić information content (AvgIpc) is 2.18. The van der Waals surface area contributed by atoms with Gasteiger partial charge in [-0.15, -0.1) is 0 Å². The van der Waals surface area contributed by atoms with Crippen molar-refractivity contribution in [3.8, 4) is 0 Å². The molecule has 15 heavy (non-hydrogen) atoms. The summed E-state index contributed by atoms with van der Waals surface area (Å²) in [5, 5.41) is 0. The molecule has 4 heteroatoms. The summed E-state index contributed by atoms with van der Waals surface area (Å²) >= 11 is 0. The summed E-state index contributed by atoms with van der Waals surface area (Å²) in [5.74, 6) is -0.527. The van der Waals surface area contributed by atoms with Crippen molar-refractivity contribution in [2.75, 3.05) is 6.26 Å². The Morgan fingerprint density at radius 3 is 2.27 bits per heavy atom. The van der Waals surface area contributed by atoms with Crippen LogP contribution in [0.2, 0.25) is 0 Å². The van der Waals surface area contributed by atoms with Gasteiger partial charge in [0.2, 0.25) is 0 Å². The number of hydrogen-bond donors (Lipinski definition) is 0. The zero-order valence-corrected chi connectivity index (χ0v) is 9.95. The number of hydrogen-bond acceptors (Lipinski definition) is 2. The summed E-state index contributed by atoms with van der Waals surface area (Å²) in [6.45, 7) is 3.48. The normalized spacial score (nSPS) is 14.7. The molecular weight excluding hydrogens is 210 g/mol. The van der Waals surface area contributed by atoms with Crippen LogP contribution in [-0.4, -0.2) is 16.4 Å². The number of nitrogens with zero attached hydrogens (tertiary/aromatic N) is 1. The summed E-state index contributed by atoms with van der Waals surface area (Å²) < 4.78 is 15.9. The molecule has 0 fully saturated rings. The first-order valence-corrected chi connectivity index (χ1v) is 6.67. The van der Waals surface area contributed by atoms with Crippen molar-refractivity contribution in [3.63, 3.8) is 0 Å². The zero-order valence-electron chi connectivity index (χ0n) is 9.14. The molecule has 0 aliphatic heterocycles. The van der Waals surface area contributed by atoms with Crippen LogP contribution in [0.3, 0.4) is 0 Å². The summed E-state index contributed by atoms with van der Waals surface area (Å²) in [4.78, 5) is 12.0. The SMILES string of the molecule is CC(C)C(=O)N=S(C)(=O)c1ccccc1. The Kier molecular flexibility index (Phi) is 3.63. The maximum absolute atomic E-state index is 12.1. The fraction of sp³-hybridized carbons (Fsp3) is 0.364. The standard InChI is InChI=1S/C11H15NO2S/c1-9(2)11(13)12-15(3,14)10-7-5-4-6-8-10/h4-9H,1-3H3. The molecule has 0 aliphatic rings. The van der Waals surface area contributed by atoms with Gasteiger partial charge in [0.1, 0.15) is 0 Å². The van der Waals surface area contributed by atoms with Gasteiger partial charge in [-0.25, -0.2) is 4.21 Å². The molecule has 0 bridgehead atoms. The Bertz CT molecular complexity index is 457. The van der Waals surface area contributed by atoms with Crippen LogP contribution in [0.1, 0.15) is 13.8 Å². The molecule has 82 valence electrons. The van der Waals surface area contributed by atoms with Gasteiger partial charge in [-0.3, -0.25) is 4.79 Å². The largest absolute Gasteiger partial charge is 0.272 e. The van der Waals surface area contributed by atoms with Crippen LogP contribution in [0.5, 0.6) is 0 Å². The highest BCUT2D eigenvalue weighted by molar-refractivity contribution is 7.93. The molecule has 1 aromatic carbocycles. The van der Waals surface area contributed by atoms with E-state index in [1.165, 1.54) is 6.26 Å². The second-order valence-electron chi connectivity index (χ2n) is 3.70. The van der Waals surface area contributed by atoms with Crippen molar-refractivity contribution in [1.29, 1.82) is 0 Å². The van der Waals surface area contributed by atoms with E-state index in [1.807, 2.05) is 6.07 Å².